The summed E-state index contributed by atoms with van der Waals surface area (Å²) in [5, 5.41) is 0.680. The van der Waals surface area contributed by atoms with Gasteiger partial charge in [-0.15, -0.1) is 0 Å². The third-order valence-electron chi connectivity index (χ3n) is 2.76. The van der Waals surface area contributed by atoms with Crippen LogP contribution in [0.3, 0.4) is 0 Å². The second-order valence-corrected chi connectivity index (χ2v) is 6.23. The van der Waals surface area contributed by atoms with E-state index in [1.165, 1.54) is 5.56 Å². The number of ether oxygens (including phenoxy) is 1. The number of nitrogens with two attached hydrogens (primary N) is 1. The molecule has 0 fully saturated rings. The Kier molecular flexibility index (Phi) is 5.06. The van der Waals surface area contributed by atoms with Crippen molar-refractivity contribution in [2.45, 2.75) is 52.5 Å². The molecule has 1 rings (SSSR count). The van der Waals surface area contributed by atoms with Gasteiger partial charge < -0.3 is 10.5 Å². The minimum Gasteiger partial charge on any atom is -0.492 e. The van der Waals surface area contributed by atoms with E-state index in [0.717, 1.165) is 17.7 Å². The van der Waals surface area contributed by atoms with Gasteiger partial charge in [-0.3, -0.25) is 0 Å². The molecule has 1 aromatic carbocycles. The van der Waals surface area contributed by atoms with Crippen LogP contribution in [0.15, 0.2) is 12.1 Å². The van der Waals surface area contributed by atoms with Gasteiger partial charge in [0.2, 0.25) is 0 Å². The lowest BCUT2D eigenvalue weighted by Gasteiger charge is -2.25. The van der Waals surface area contributed by atoms with Crippen molar-refractivity contribution in [1.29, 1.82) is 0 Å². The Morgan fingerprint density at radius 2 is 1.94 bits per heavy atom. The maximum absolute atomic E-state index is 6.34. The summed E-state index contributed by atoms with van der Waals surface area (Å²) in [7, 11) is 0. The van der Waals surface area contributed by atoms with Crippen LogP contribution in [-0.2, 0) is 11.8 Å². The van der Waals surface area contributed by atoms with Gasteiger partial charge in [-0.2, -0.15) is 0 Å². The van der Waals surface area contributed by atoms with Crippen molar-refractivity contribution in [2.24, 2.45) is 5.73 Å². The molecular weight excluding hydrogens is 246 g/mol. The highest BCUT2D eigenvalue weighted by molar-refractivity contribution is 6.32. The largest absolute Gasteiger partial charge is 0.492 e. The first-order valence-corrected chi connectivity index (χ1v) is 6.84. The first-order valence-electron chi connectivity index (χ1n) is 6.47. The SMILES string of the molecule is CCOc1c(Cl)cc(CC(C)N)cc1C(C)(C)C. The number of halogens is 1. The number of benzene rings is 1. The molecule has 0 aliphatic carbocycles. The number of rotatable bonds is 4. The van der Waals surface area contributed by atoms with E-state index < -0.39 is 0 Å². The second-order valence-electron chi connectivity index (χ2n) is 5.82. The molecular formula is C15H24ClNO. The minimum absolute atomic E-state index is 0.00197. The van der Waals surface area contributed by atoms with E-state index in [1.54, 1.807) is 0 Å². The molecule has 2 nitrogen and oxygen atoms in total. The van der Waals surface area contributed by atoms with Crippen molar-refractivity contribution < 1.29 is 4.74 Å². The Hall–Kier alpha value is -0.730. The second kappa shape index (κ2) is 5.94. The molecule has 0 saturated carbocycles. The van der Waals surface area contributed by atoms with Crippen molar-refractivity contribution in [2.75, 3.05) is 6.61 Å². The molecule has 3 heteroatoms. The van der Waals surface area contributed by atoms with Crippen molar-refractivity contribution in [3.8, 4) is 5.75 Å². The van der Waals surface area contributed by atoms with Gasteiger partial charge in [0.05, 0.1) is 11.6 Å². The van der Waals surface area contributed by atoms with Gasteiger partial charge in [0.1, 0.15) is 5.75 Å². The van der Waals surface area contributed by atoms with Crippen molar-refractivity contribution >= 4 is 11.6 Å². The highest BCUT2D eigenvalue weighted by atomic mass is 35.5. The molecule has 1 unspecified atom stereocenters. The highest BCUT2D eigenvalue weighted by Gasteiger charge is 2.22. The van der Waals surface area contributed by atoms with E-state index in [4.69, 9.17) is 22.1 Å². The van der Waals surface area contributed by atoms with Gasteiger partial charge in [-0.25, -0.2) is 0 Å². The highest BCUT2D eigenvalue weighted by Crippen LogP contribution is 2.38. The van der Waals surface area contributed by atoms with Crippen LogP contribution >= 0.6 is 11.6 Å². The maximum atomic E-state index is 6.34. The minimum atomic E-state index is 0.00197. The van der Waals surface area contributed by atoms with Crippen LogP contribution in [0.5, 0.6) is 5.75 Å². The molecule has 0 radical (unpaired) electrons. The molecule has 0 saturated heterocycles. The van der Waals surface area contributed by atoms with E-state index >= 15 is 0 Å². The summed E-state index contributed by atoms with van der Waals surface area (Å²) in [6.07, 6.45) is 0.829. The zero-order chi connectivity index (χ0) is 13.9. The average Bonchev–Trinajstić information content (AvgIpc) is 2.19. The fraction of sp³-hybridized carbons (Fsp3) is 0.600. The number of hydrogen-bond donors (Lipinski definition) is 1. The summed E-state index contributed by atoms with van der Waals surface area (Å²) in [5.41, 5.74) is 8.17. The molecule has 18 heavy (non-hydrogen) atoms. The zero-order valence-electron chi connectivity index (χ0n) is 12.0. The molecule has 0 aliphatic heterocycles. The van der Waals surface area contributed by atoms with Gasteiger partial charge in [0.15, 0.2) is 0 Å². The van der Waals surface area contributed by atoms with Gasteiger partial charge in [-0.05, 0) is 37.3 Å². The Bertz CT molecular complexity index is 408. The van der Waals surface area contributed by atoms with Gasteiger partial charge in [0, 0.05) is 11.6 Å². The summed E-state index contributed by atoms with van der Waals surface area (Å²) < 4.78 is 5.69. The van der Waals surface area contributed by atoms with Crippen LogP contribution in [0.2, 0.25) is 5.02 Å². The predicted octanol–water partition coefficient (Wildman–Crippen LogP) is 3.93. The fourth-order valence-corrected chi connectivity index (χ4v) is 2.28. The van der Waals surface area contributed by atoms with Crippen molar-refractivity contribution in [1.82, 2.24) is 0 Å². The predicted molar refractivity (Wildman–Crippen MR) is 78.7 cm³/mol. The zero-order valence-corrected chi connectivity index (χ0v) is 12.8. The molecule has 0 bridgehead atoms. The van der Waals surface area contributed by atoms with Gasteiger partial charge in [-0.1, -0.05) is 38.4 Å². The number of hydrogen-bond acceptors (Lipinski definition) is 2. The van der Waals surface area contributed by atoms with Crippen LogP contribution < -0.4 is 10.5 Å². The Labute approximate surface area is 115 Å². The average molecular weight is 270 g/mol. The van der Waals surface area contributed by atoms with Crippen LogP contribution in [-0.4, -0.2) is 12.6 Å². The molecule has 0 amide bonds. The van der Waals surface area contributed by atoms with Crippen LogP contribution in [0.1, 0.15) is 45.7 Å². The van der Waals surface area contributed by atoms with Gasteiger partial charge in [0.25, 0.3) is 0 Å². The smallest absolute Gasteiger partial charge is 0.141 e. The Morgan fingerprint density at radius 1 is 1.33 bits per heavy atom. The molecule has 1 aromatic rings. The van der Waals surface area contributed by atoms with Crippen LogP contribution in [0.4, 0.5) is 0 Å². The normalized spacial score (nSPS) is 13.5. The molecule has 0 aromatic heterocycles. The summed E-state index contributed by atoms with van der Waals surface area (Å²) in [6, 6.07) is 4.26. The summed E-state index contributed by atoms with van der Waals surface area (Å²) in [6.45, 7) is 11.1. The maximum Gasteiger partial charge on any atom is 0.141 e. The van der Waals surface area contributed by atoms with Crippen molar-refractivity contribution in [3.63, 3.8) is 0 Å². The molecule has 0 heterocycles. The summed E-state index contributed by atoms with van der Waals surface area (Å²) >= 11 is 6.34. The molecule has 0 spiro atoms. The molecule has 102 valence electrons. The van der Waals surface area contributed by atoms with E-state index in [0.29, 0.717) is 11.6 Å². The van der Waals surface area contributed by atoms with E-state index in [2.05, 4.69) is 26.8 Å². The summed E-state index contributed by atoms with van der Waals surface area (Å²) in [4.78, 5) is 0. The van der Waals surface area contributed by atoms with E-state index in [-0.39, 0.29) is 11.5 Å². The summed E-state index contributed by atoms with van der Waals surface area (Å²) in [5.74, 6) is 0.806. The Balaban J connectivity index is 3.28. The molecule has 1 atom stereocenters. The lowest BCUT2D eigenvalue weighted by Crippen LogP contribution is -2.19. The van der Waals surface area contributed by atoms with E-state index in [9.17, 15) is 0 Å². The van der Waals surface area contributed by atoms with Crippen LogP contribution in [0.25, 0.3) is 0 Å². The first kappa shape index (κ1) is 15.3. The standard InChI is InChI=1S/C15H24ClNO/c1-6-18-14-12(15(3,4)5)8-11(7-10(2)17)9-13(14)16/h8-10H,6-7,17H2,1-5H3. The molecule has 2 N–H and O–H groups in total. The van der Waals surface area contributed by atoms with Crippen LogP contribution in [0, 0.1) is 0 Å². The quantitative estimate of drug-likeness (QED) is 0.899. The van der Waals surface area contributed by atoms with E-state index in [1.807, 2.05) is 19.9 Å². The topological polar surface area (TPSA) is 35.2 Å². The first-order chi connectivity index (χ1) is 8.25. The Morgan fingerprint density at radius 3 is 2.39 bits per heavy atom. The van der Waals surface area contributed by atoms with Crippen molar-refractivity contribution in [3.05, 3.63) is 28.3 Å². The third kappa shape index (κ3) is 3.89. The monoisotopic (exact) mass is 269 g/mol. The lowest BCUT2D eigenvalue weighted by molar-refractivity contribution is 0.330. The van der Waals surface area contributed by atoms with Gasteiger partial charge >= 0.3 is 0 Å². The lowest BCUT2D eigenvalue weighted by atomic mass is 9.84. The third-order valence-corrected chi connectivity index (χ3v) is 3.04. The molecule has 0 aliphatic rings. The fourth-order valence-electron chi connectivity index (χ4n) is 1.99.